The Labute approximate surface area is 110 Å². The van der Waals surface area contributed by atoms with Crippen LogP contribution in [0.15, 0.2) is 49.2 Å². The SMILES string of the molecule is C=CCn1cc2c(N)nc(-c3ccccc3)nc2n1. The van der Waals surface area contributed by atoms with Gasteiger partial charge in [-0.05, 0) is 0 Å². The van der Waals surface area contributed by atoms with Crippen molar-refractivity contribution in [3.8, 4) is 11.4 Å². The van der Waals surface area contributed by atoms with Crippen LogP contribution in [0.4, 0.5) is 5.82 Å². The van der Waals surface area contributed by atoms with Gasteiger partial charge >= 0.3 is 0 Å². The van der Waals surface area contributed by atoms with Crippen molar-refractivity contribution in [2.75, 3.05) is 5.73 Å². The third-order valence-electron chi connectivity index (χ3n) is 2.80. The molecule has 0 unspecified atom stereocenters. The minimum Gasteiger partial charge on any atom is -0.383 e. The third-order valence-corrected chi connectivity index (χ3v) is 2.80. The number of rotatable bonds is 3. The zero-order valence-corrected chi connectivity index (χ0v) is 10.3. The van der Waals surface area contributed by atoms with Crippen molar-refractivity contribution >= 4 is 16.9 Å². The van der Waals surface area contributed by atoms with Gasteiger partial charge in [-0.2, -0.15) is 5.10 Å². The first-order valence-corrected chi connectivity index (χ1v) is 5.95. The molecule has 2 N–H and O–H groups in total. The fourth-order valence-electron chi connectivity index (χ4n) is 1.92. The molecule has 0 saturated carbocycles. The highest BCUT2D eigenvalue weighted by atomic mass is 15.3. The second-order valence-electron chi connectivity index (χ2n) is 4.18. The lowest BCUT2D eigenvalue weighted by Crippen LogP contribution is -1.97. The first kappa shape index (κ1) is 11.4. The van der Waals surface area contributed by atoms with E-state index in [-0.39, 0.29) is 0 Å². The molecule has 5 nitrogen and oxygen atoms in total. The summed E-state index contributed by atoms with van der Waals surface area (Å²) in [5.74, 6) is 1.04. The van der Waals surface area contributed by atoms with Crippen LogP contribution in [0.3, 0.4) is 0 Å². The number of nitrogens with zero attached hydrogens (tertiary/aromatic N) is 4. The minimum absolute atomic E-state index is 0.444. The van der Waals surface area contributed by atoms with E-state index in [2.05, 4.69) is 21.6 Å². The first-order valence-electron chi connectivity index (χ1n) is 5.95. The van der Waals surface area contributed by atoms with Gasteiger partial charge in [0.2, 0.25) is 0 Å². The van der Waals surface area contributed by atoms with Gasteiger partial charge < -0.3 is 5.73 Å². The maximum atomic E-state index is 5.97. The molecule has 0 spiro atoms. The molecule has 0 bridgehead atoms. The molecule has 0 radical (unpaired) electrons. The summed E-state index contributed by atoms with van der Waals surface area (Å²) in [6.45, 7) is 4.31. The predicted octanol–water partition coefficient (Wildman–Crippen LogP) is 2.26. The highest BCUT2D eigenvalue weighted by Gasteiger charge is 2.10. The zero-order valence-electron chi connectivity index (χ0n) is 10.3. The number of aromatic nitrogens is 4. The number of hydrogen-bond acceptors (Lipinski definition) is 4. The maximum absolute atomic E-state index is 5.97. The summed E-state index contributed by atoms with van der Waals surface area (Å²) in [6.07, 6.45) is 3.61. The highest BCUT2D eigenvalue weighted by molar-refractivity contribution is 5.86. The molecule has 2 heterocycles. The molecular formula is C14H13N5. The molecule has 0 saturated heterocycles. The smallest absolute Gasteiger partial charge is 0.186 e. The summed E-state index contributed by atoms with van der Waals surface area (Å²) < 4.78 is 1.75. The average molecular weight is 251 g/mol. The molecule has 2 aromatic heterocycles. The van der Waals surface area contributed by atoms with Crippen LogP contribution in [-0.2, 0) is 6.54 Å². The van der Waals surface area contributed by atoms with Gasteiger partial charge in [0.15, 0.2) is 11.5 Å². The molecule has 3 rings (SSSR count). The molecule has 0 aliphatic carbocycles. The van der Waals surface area contributed by atoms with Crippen LogP contribution < -0.4 is 5.73 Å². The van der Waals surface area contributed by atoms with Crippen molar-refractivity contribution in [2.45, 2.75) is 6.54 Å². The Morgan fingerprint density at radius 1 is 1.21 bits per heavy atom. The molecule has 0 fully saturated rings. The minimum atomic E-state index is 0.444. The number of fused-ring (bicyclic) bond motifs is 1. The molecule has 1 aromatic carbocycles. The molecule has 0 atom stereocenters. The van der Waals surface area contributed by atoms with Crippen molar-refractivity contribution in [2.24, 2.45) is 0 Å². The van der Waals surface area contributed by atoms with E-state index in [1.807, 2.05) is 36.5 Å². The Hall–Kier alpha value is -2.69. The Balaban J connectivity index is 2.16. The van der Waals surface area contributed by atoms with Gasteiger partial charge in [0.1, 0.15) is 5.82 Å². The first-order chi connectivity index (χ1) is 9.28. The van der Waals surface area contributed by atoms with Crippen LogP contribution in [0.2, 0.25) is 0 Å². The fourth-order valence-corrected chi connectivity index (χ4v) is 1.92. The normalized spacial score (nSPS) is 10.7. The Morgan fingerprint density at radius 3 is 2.74 bits per heavy atom. The lowest BCUT2D eigenvalue weighted by Gasteiger charge is -2.01. The van der Waals surface area contributed by atoms with Crippen LogP contribution in [-0.4, -0.2) is 19.7 Å². The molecule has 19 heavy (non-hydrogen) atoms. The summed E-state index contributed by atoms with van der Waals surface area (Å²) in [4.78, 5) is 8.78. The standard InChI is InChI=1S/C14H13N5/c1-2-8-19-9-11-12(15)16-13(17-14(11)18-19)10-6-4-3-5-7-10/h2-7,9H,1,8H2,(H2,15,16,17,18). The topological polar surface area (TPSA) is 69.6 Å². The van der Waals surface area contributed by atoms with E-state index in [0.29, 0.717) is 23.8 Å². The molecule has 5 heteroatoms. The van der Waals surface area contributed by atoms with Crippen molar-refractivity contribution in [1.29, 1.82) is 0 Å². The Morgan fingerprint density at radius 2 is 2.00 bits per heavy atom. The van der Waals surface area contributed by atoms with E-state index in [0.717, 1.165) is 10.9 Å². The van der Waals surface area contributed by atoms with Crippen LogP contribution in [0, 0.1) is 0 Å². The molecular weight excluding hydrogens is 238 g/mol. The molecule has 3 aromatic rings. The number of nitrogens with two attached hydrogens (primary N) is 1. The van der Waals surface area contributed by atoms with Gasteiger partial charge in [-0.15, -0.1) is 6.58 Å². The van der Waals surface area contributed by atoms with Crippen LogP contribution in [0.1, 0.15) is 0 Å². The number of nitrogen functional groups attached to an aromatic ring is 1. The van der Waals surface area contributed by atoms with E-state index in [1.54, 1.807) is 10.8 Å². The molecule has 0 amide bonds. The van der Waals surface area contributed by atoms with Crippen LogP contribution in [0.25, 0.3) is 22.4 Å². The molecule has 94 valence electrons. The number of benzene rings is 1. The number of anilines is 1. The van der Waals surface area contributed by atoms with E-state index in [4.69, 9.17) is 5.73 Å². The largest absolute Gasteiger partial charge is 0.383 e. The fraction of sp³-hybridized carbons (Fsp3) is 0.0714. The van der Waals surface area contributed by atoms with Gasteiger partial charge in [0.25, 0.3) is 0 Å². The highest BCUT2D eigenvalue weighted by Crippen LogP contribution is 2.21. The molecule has 0 aliphatic rings. The Bertz CT molecular complexity index is 730. The summed E-state index contributed by atoms with van der Waals surface area (Å²) in [6, 6.07) is 9.72. The van der Waals surface area contributed by atoms with Gasteiger partial charge in [-0.1, -0.05) is 36.4 Å². The Kier molecular flexibility index (Phi) is 2.72. The molecule has 0 aliphatic heterocycles. The second kappa shape index (κ2) is 4.53. The van der Waals surface area contributed by atoms with Crippen molar-refractivity contribution < 1.29 is 0 Å². The number of allylic oxidation sites excluding steroid dienone is 1. The van der Waals surface area contributed by atoms with Crippen LogP contribution >= 0.6 is 0 Å². The lowest BCUT2D eigenvalue weighted by atomic mass is 10.2. The lowest BCUT2D eigenvalue weighted by molar-refractivity contribution is 0.709. The summed E-state index contributed by atoms with van der Waals surface area (Å²) >= 11 is 0. The van der Waals surface area contributed by atoms with Crippen LogP contribution in [0.5, 0.6) is 0 Å². The van der Waals surface area contributed by atoms with Gasteiger partial charge in [-0.25, -0.2) is 9.97 Å². The van der Waals surface area contributed by atoms with Crippen molar-refractivity contribution in [1.82, 2.24) is 19.7 Å². The second-order valence-corrected chi connectivity index (χ2v) is 4.18. The van der Waals surface area contributed by atoms with E-state index < -0.39 is 0 Å². The van der Waals surface area contributed by atoms with E-state index in [9.17, 15) is 0 Å². The third kappa shape index (κ3) is 2.06. The maximum Gasteiger partial charge on any atom is 0.186 e. The monoisotopic (exact) mass is 251 g/mol. The van der Waals surface area contributed by atoms with Crippen molar-refractivity contribution in [3.05, 3.63) is 49.2 Å². The van der Waals surface area contributed by atoms with Gasteiger partial charge in [0, 0.05) is 11.8 Å². The van der Waals surface area contributed by atoms with Crippen molar-refractivity contribution in [3.63, 3.8) is 0 Å². The van der Waals surface area contributed by atoms with E-state index in [1.165, 1.54) is 0 Å². The zero-order chi connectivity index (χ0) is 13.2. The van der Waals surface area contributed by atoms with Gasteiger partial charge in [-0.3, -0.25) is 4.68 Å². The predicted molar refractivity (Wildman–Crippen MR) is 75.4 cm³/mol. The average Bonchev–Trinajstić information content (AvgIpc) is 2.83. The van der Waals surface area contributed by atoms with E-state index >= 15 is 0 Å². The van der Waals surface area contributed by atoms with Gasteiger partial charge in [0.05, 0.1) is 11.9 Å². The number of hydrogen-bond donors (Lipinski definition) is 1. The summed E-state index contributed by atoms with van der Waals surface area (Å²) in [5.41, 5.74) is 7.50. The summed E-state index contributed by atoms with van der Waals surface area (Å²) in [7, 11) is 0. The quantitative estimate of drug-likeness (QED) is 0.725. The summed E-state index contributed by atoms with van der Waals surface area (Å²) in [5, 5.41) is 5.13.